The van der Waals surface area contributed by atoms with Crippen LogP contribution in [0.3, 0.4) is 0 Å². The standard InChI is InChI=1S/C22H23ClN2O2/c1-3-4-5-6-7-16-8-9-18(19(23)12-16)14-25-15(2)24-20-11-10-17(22(26)27)13-21(20)25/h6-13H,3-5,14H2,1-2H3,(H,26,27). The first-order valence-electron chi connectivity index (χ1n) is 9.14. The molecule has 0 spiro atoms. The van der Waals surface area contributed by atoms with E-state index in [4.69, 9.17) is 11.6 Å². The Morgan fingerprint density at radius 1 is 1.26 bits per heavy atom. The van der Waals surface area contributed by atoms with Crippen molar-refractivity contribution in [1.82, 2.24) is 9.55 Å². The summed E-state index contributed by atoms with van der Waals surface area (Å²) < 4.78 is 2.00. The molecule has 2 aromatic carbocycles. The fraction of sp³-hybridized carbons (Fsp3) is 0.273. The third-order valence-corrected chi connectivity index (χ3v) is 4.98. The van der Waals surface area contributed by atoms with Gasteiger partial charge in [0.2, 0.25) is 0 Å². The van der Waals surface area contributed by atoms with Gasteiger partial charge in [0.15, 0.2) is 0 Å². The molecule has 3 rings (SSSR count). The maximum absolute atomic E-state index is 11.3. The first-order chi connectivity index (χ1) is 13.0. The molecule has 0 unspecified atom stereocenters. The molecular weight excluding hydrogens is 360 g/mol. The number of aryl methyl sites for hydroxylation is 1. The number of halogens is 1. The van der Waals surface area contributed by atoms with Gasteiger partial charge >= 0.3 is 5.97 Å². The molecule has 0 aliphatic carbocycles. The number of aromatic nitrogens is 2. The lowest BCUT2D eigenvalue weighted by Gasteiger charge is -2.10. The molecule has 0 radical (unpaired) electrons. The molecule has 4 nitrogen and oxygen atoms in total. The number of carboxylic acid groups (broad SMARTS) is 1. The van der Waals surface area contributed by atoms with Crippen molar-refractivity contribution >= 4 is 34.7 Å². The number of allylic oxidation sites excluding steroid dienone is 1. The number of aromatic carboxylic acids is 1. The predicted molar refractivity (Wildman–Crippen MR) is 111 cm³/mol. The molecule has 0 saturated carbocycles. The van der Waals surface area contributed by atoms with Crippen molar-refractivity contribution in [1.29, 1.82) is 0 Å². The van der Waals surface area contributed by atoms with Crippen LogP contribution in [0.5, 0.6) is 0 Å². The number of unbranched alkanes of at least 4 members (excludes halogenated alkanes) is 2. The number of rotatable bonds is 7. The van der Waals surface area contributed by atoms with Crippen molar-refractivity contribution in [3.05, 3.63) is 70.0 Å². The highest BCUT2D eigenvalue weighted by molar-refractivity contribution is 6.31. The summed E-state index contributed by atoms with van der Waals surface area (Å²) in [4.78, 5) is 15.8. The van der Waals surface area contributed by atoms with Crippen LogP contribution in [0.1, 0.15) is 53.5 Å². The van der Waals surface area contributed by atoms with Gasteiger partial charge < -0.3 is 9.67 Å². The Kier molecular flexibility index (Phi) is 5.97. The van der Waals surface area contributed by atoms with E-state index in [1.807, 2.05) is 23.6 Å². The summed E-state index contributed by atoms with van der Waals surface area (Å²) >= 11 is 6.51. The summed E-state index contributed by atoms with van der Waals surface area (Å²) in [7, 11) is 0. The minimum Gasteiger partial charge on any atom is -0.478 e. The highest BCUT2D eigenvalue weighted by Crippen LogP contribution is 2.24. The lowest BCUT2D eigenvalue weighted by atomic mass is 10.1. The number of benzene rings is 2. The van der Waals surface area contributed by atoms with Gasteiger partial charge in [0.25, 0.3) is 0 Å². The average Bonchev–Trinajstić information content (AvgIpc) is 2.95. The zero-order chi connectivity index (χ0) is 19.4. The Morgan fingerprint density at radius 3 is 2.78 bits per heavy atom. The van der Waals surface area contributed by atoms with Gasteiger partial charge in [-0.3, -0.25) is 0 Å². The summed E-state index contributed by atoms with van der Waals surface area (Å²) in [6, 6.07) is 11.0. The van der Waals surface area contributed by atoms with Crippen LogP contribution in [0.15, 0.2) is 42.5 Å². The number of carbonyl (C=O) groups is 1. The highest BCUT2D eigenvalue weighted by atomic mass is 35.5. The summed E-state index contributed by atoms with van der Waals surface area (Å²) in [5, 5.41) is 9.95. The molecule has 1 heterocycles. The van der Waals surface area contributed by atoms with E-state index >= 15 is 0 Å². The first-order valence-corrected chi connectivity index (χ1v) is 9.52. The lowest BCUT2D eigenvalue weighted by Crippen LogP contribution is -2.04. The molecule has 5 heteroatoms. The zero-order valence-corrected chi connectivity index (χ0v) is 16.3. The second-order valence-corrected chi connectivity index (χ2v) is 7.06. The molecule has 0 fully saturated rings. The molecule has 0 saturated heterocycles. The van der Waals surface area contributed by atoms with Gasteiger partial charge in [-0.1, -0.05) is 55.7 Å². The first kappa shape index (κ1) is 19.2. The quantitative estimate of drug-likeness (QED) is 0.514. The van der Waals surface area contributed by atoms with Crippen molar-refractivity contribution in [2.24, 2.45) is 0 Å². The maximum Gasteiger partial charge on any atom is 0.335 e. The van der Waals surface area contributed by atoms with E-state index in [0.29, 0.717) is 11.6 Å². The van der Waals surface area contributed by atoms with Gasteiger partial charge in [0.05, 0.1) is 23.1 Å². The van der Waals surface area contributed by atoms with Crippen LogP contribution in [0.25, 0.3) is 17.1 Å². The van der Waals surface area contributed by atoms with Gasteiger partial charge in [-0.25, -0.2) is 9.78 Å². The minimum atomic E-state index is -0.945. The Morgan fingerprint density at radius 2 is 2.07 bits per heavy atom. The molecule has 140 valence electrons. The molecular formula is C22H23ClN2O2. The van der Waals surface area contributed by atoms with E-state index < -0.39 is 5.97 Å². The van der Waals surface area contributed by atoms with Crippen LogP contribution in [-0.4, -0.2) is 20.6 Å². The van der Waals surface area contributed by atoms with Crippen molar-refractivity contribution in [3.8, 4) is 0 Å². The molecule has 1 N–H and O–H groups in total. The van der Waals surface area contributed by atoms with Crippen LogP contribution in [0.4, 0.5) is 0 Å². The van der Waals surface area contributed by atoms with Crippen LogP contribution < -0.4 is 0 Å². The molecule has 0 aliphatic rings. The van der Waals surface area contributed by atoms with Crippen LogP contribution >= 0.6 is 11.6 Å². The fourth-order valence-corrected chi connectivity index (χ4v) is 3.33. The molecule has 0 amide bonds. The van der Waals surface area contributed by atoms with Crippen molar-refractivity contribution in [3.63, 3.8) is 0 Å². The number of hydrogen-bond acceptors (Lipinski definition) is 2. The molecule has 3 aromatic rings. The number of fused-ring (bicyclic) bond motifs is 1. The molecule has 1 aromatic heterocycles. The van der Waals surface area contributed by atoms with E-state index in [9.17, 15) is 9.90 Å². The fourth-order valence-electron chi connectivity index (χ4n) is 3.08. The zero-order valence-electron chi connectivity index (χ0n) is 15.6. The van der Waals surface area contributed by atoms with E-state index in [1.165, 1.54) is 12.8 Å². The molecule has 27 heavy (non-hydrogen) atoms. The Balaban J connectivity index is 1.88. The Bertz CT molecular complexity index is 1000. The van der Waals surface area contributed by atoms with E-state index in [-0.39, 0.29) is 5.56 Å². The summed E-state index contributed by atoms with van der Waals surface area (Å²) in [6.45, 7) is 4.64. The molecule has 0 aliphatic heterocycles. The van der Waals surface area contributed by atoms with Crippen LogP contribution in [0.2, 0.25) is 5.02 Å². The second-order valence-electron chi connectivity index (χ2n) is 6.65. The van der Waals surface area contributed by atoms with Crippen molar-refractivity contribution < 1.29 is 9.90 Å². The minimum absolute atomic E-state index is 0.252. The summed E-state index contributed by atoms with van der Waals surface area (Å²) in [5.41, 5.74) is 3.89. The number of carboxylic acids is 1. The van der Waals surface area contributed by atoms with E-state index in [1.54, 1.807) is 18.2 Å². The molecule has 0 bridgehead atoms. The monoisotopic (exact) mass is 382 g/mol. The van der Waals surface area contributed by atoms with Crippen LogP contribution in [0, 0.1) is 6.92 Å². The Labute approximate surface area is 164 Å². The summed E-state index contributed by atoms with van der Waals surface area (Å²) in [5.74, 6) is -0.119. The van der Waals surface area contributed by atoms with Gasteiger partial charge in [-0.2, -0.15) is 0 Å². The molecule has 0 atom stereocenters. The van der Waals surface area contributed by atoms with Gasteiger partial charge in [-0.15, -0.1) is 0 Å². The van der Waals surface area contributed by atoms with E-state index in [2.05, 4.69) is 30.1 Å². The van der Waals surface area contributed by atoms with Gasteiger partial charge in [0.1, 0.15) is 5.82 Å². The average molecular weight is 383 g/mol. The highest BCUT2D eigenvalue weighted by Gasteiger charge is 2.12. The van der Waals surface area contributed by atoms with Crippen molar-refractivity contribution in [2.45, 2.75) is 39.7 Å². The third-order valence-electron chi connectivity index (χ3n) is 4.63. The predicted octanol–water partition coefficient (Wildman–Crippen LogP) is 5.95. The lowest BCUT2D eigenvalue weighted by molar-refractivity contribution is 0.0697. The maximum atomic E-state index is 11.3. The Hall–Kier alpha value is -2.59. The largest absolute Gasteiger partial charge is 0.478 e. The topological polar surface area (TPSA) is 55.1 Å². The van der Waals surface area contributed by atoms with Crippen molar-refractivity contribution in [2.75, 3.05) is 0 Å². The normalized spacial score (nSPS) is 11.5. The third kappa shape index (κ3) is 4.40. The number of imidazole rings is 1. The SMILES string of the molecule is CCCCC=Cc1ccc(Cn2c(C)nc3ccc(C(=O)O)cc32)c(Cl)c1. The van der Waals surface area contributed by atoms with Gasteiger partial charge in [0, 0.05) is 5.02 Å². The number of nitrogens with zero attached hydrogens (tertiary/aromatic N) is 2. The van der Waals surface area contributed by atoms with Crippen LogP contribution in [-0.2, 0) is 6.54 Å². The number of hydrogen-bond donors (Lipinski definition) is 1. The smallest absolute Gasteiger partial charge is 0.335 e. The summed E-state index contributed by atoms with van der Waals surface area (Å²) in [6.07, 6.45) is 7.72. The van der Waals surface area contributed by atoms with Gasteiger partial charge in [-0.05, 0) is 48.7 Å². The second kappa shape index (κ2) is 8.40. The van der Waals surface area contributed by atoms with E-state index in [0.717, 1.165) is 34.4 Å².